The maximum Gasteiger partial charge on any atom is 0.258 e. The van der Waals surface area contributed by atoms with E-state index in [4.69, 9.17) is 4.74 Å². The molecular weight excluding hydrogens is 380 g/mol. The number of β-amino-alcohol motifs (C(OH)–C–C–N with tert-alkyl or cyclic N) is 1. The van der Waals surface area contributed by atoms with Crippen molar-refractivity contribution in [3.63, 3.8) is 0 Å². The predicted octanol–water partition coefficient (Wildman–Crippen LogP) is 2.84. The van der Waals surface area contributed by atoms with Crippen molar-refractivity contribution in [3.8, 4) is 5.75 Å². The van der Waals surface area contributed by atoms with Crippen LogP contribution in [-0.2, 0) is 0 Å². The zero-order valence-corrected chi connectivity index (χ0v) is 16.8. The smallest absolute Gasteiger partial charge is 0.258 e. The molecule has 1 atom stereocenters. The van der Waals surface area contributed by atoms with E-state index in [1.807, 2.05) is 12.2 Å². The molecule has 0 aliphatic carbocycles. The molecule has 7 heteroatoms. The van der Waals surface area contributed by atoms with E-state index in [0.29, 0.717) is 23.5 Å². The first-order chi connectivity index (χ1) is 14.6. The standard InChI is InChI=1S/C23H26N4O3/c1-3-17-8-9-27(13-18(17)4-2)14-21(28)15-30-22-7-5-6-20(10-22)26-23(29)19-11-24-16-25-12-19/h3-7,10-12,16,21,28H,1-2,8-9,13-15H2,(H,26,29). The van der Waals surface area contributed by atoms with E-state index in [0.717, 1.165) is 25.1 Å². The number of rotatable bonds is 9. The maximum atomic E-state index is 12.2. The van der Waals surface area contributed by atoms with Crippen LogP contribution in [0.3, 0.4) is 0 Å². The second-order valence-corrected chi connectivity index (χ2v) is 7.02. The summed E-state index contributed by atoms with van der Waals surface area (Å²) in [6, 6.07) is 7.04. The molecule has 7 nitrogen and oxygen atoms in total. The van der Waals surface area contributed by atoms with Gasteiger partial charge in [-0.1, -0.05) is 31.4 Å². The first-order valence-electron chi connectivity index (χ1n) is 9.75. The predicted molar refractivity (Wildman–Crippen MR) is 116 cm³/mol. The molecular formula is C23H26N4O3. The van der Waals surface area contributed by atoms with E-state index in [9.17, 15) is 9.90 Å². The maximum absolute atomic E-state index is 12.2. The molecule has 30 heavy (non-hydrogen) atoms. The quantitative estimate of drug-likeness (QED) is 0.666. The third-order valence-electron chi connectivity index (χ3n) is 4.82. The summed E-state index contributed by atoms with van der Waals surface area (Å²) in [6.45, 7) is 9.98. The van der Waals surface area contributed by atoms with Crippen molar-refractivity contribution in [3.05, 3.63) is 85.0 Å². The highest BCUT2D eigenvalue weighted by Crippen LogP contribution is 2.21. The second kappa shape index (κ2) is 10.5. The second-order valence-electron chi connectivity index (χ2n) is 7.02. The van der Waals surface area contributed by atoms with Gasteiger partial charge in [-0.15, -0.1) is 0 Å². The molecule has 3 rings (SSSR count). The average molecular weight is 406 g/mol. The third-order valence-corrected chi connectivity index (χ3v) is 4.82. The molecule has 0 saturated heterocycles. The van der Waals surface area contributed by atoms with Gasteiger partial charge in [-0.25, -0.2) is 9.97 Å². The van der Waals surface area contributed by atoms with Crippen molar-refractivity contribution < 1.29 is 14.6 Å². The van der Waals surface area contributed by atoms with Crippen molar-refractivity contribution in [2.45, 2.75) is 12.5 Å². The first kappa shape index (κ1) is 21.4. The molecule has 1 aromatic heterocycles. The summed E-state index contributed by atoms with van der Waals surface area (Å²) in [7, 11) is 0. The Bertz CT molecular complexity index is 927. The van der Waals surface area contributed by atoms with Gasteiger partial charge in [0, 0.05) is 43.8 Å². The number of hydrogen-bond donors (Lipinski definition) is 2. The van der Waals surface area contributed by atoms with Crippen molar-refractivity contribution >= 4 is 11.6 Å². The minimum Gasteiger partial charge on any atom is -0.491 e. The van der Waals surface area contributed by atoms with Crippen LogP contribution in [0.4, 0.5) is 5.69 Å². The molecule has 1 unspecified atom stereocenters. The number of ether oxygens (including phenoxy) is 1. The Kier molecular flexibility index (Phi) is 7.48. The van der Waals surface area contributed by atoms with Gasteiger partial charge < -0.3 is 15.2 Å². The van der Waals surface area contributed by atoms with Crippen LogP contribution in [0.15, 0.2) is 79.4 Å². The van der Waals surface area contributed by atoms with E-state index < -0.39 is 6.10 Å². The first-order valence-corrected chi connectivity index (χ1v) is 9.75. The van der Waals surface area contributed by atoms with E-state index in [1.54, 1.807) is 24.3 Å². The van der Waals surface area contributed by atoms with Crippen molar-refractivity contribution in [2.24, 2.45) is 0 Å². The fourth-order valence-electron chi connectivity index (χ4n) is 3.27. The van der Waals surface area contributed by atoms with Crippen LogP contribution in [0.25, 0.3) is 0 Å². The molecule has 1 amide bonds. The number of hydrogen-bond acceptors (Lipinski definition) is 6. The van der Waals surface area contributed by atoms with Crippen LogP contribution in [0.2, 0.25) is 0 Å². The van der Waals surface area contributed by atoms with Crippen LogP contribution in [0.5, 0.6) is 5.75 Å². The number of aromatic nitrogens is 2. The molecule has 0 fully saturated rings. The minimum absolute atomic E-state index is 0.155. The van der Waals surface area contributed by atoms with Gasteiger partial charge in [-0.2, -0.15) is 0 Å². The number of nitrogens with one attached hydrogen (secondary N) is 1. The molecule has 0 spiro atoms. The molecule has 1 aliphatic rings. The van der Waals surface area contributed by atoms with Crippen LogP contribution in [-0.4, -0.2) is 58.2 Å². The van der Waals surface area contributed by atoms with Gasteiger partial charge >= 0.3 is 0 Å². The SMILES string of the molecule is C=CC1=C(C=C)CN(CC(O)COc2cccc(NC(=O)c3cncnc3)c2)CC1. The van der Waals surface area contributed by atoms with Crippen LogP contribution in [0, 0.1) is 0 Å². The molecule has 2 aromatic rings. The minimum atomic E-state index is -0.638. The number of aliphatic hydroxyl groups is 1. The molecule has 0 bridgehead atoms. The lowest BCUT2D eigenvalue weighted by atomic mass is 10.00. The number of anilines is 1. The molecule has 2 heterocycles. The summed E-state index contributed by atoms with van der Waals surface area (Å²) in [4.78, 5) is 22.1. The van der Waals surface area contributed by atoms with E-state index in [2.05, 4.69) is 33.3 Å². The Morgan fingerprint density at radius 2 is 2.03 bits per heavy atom. The molecule has 1 aliphatic heterocycles. The summed E-state index contributed by atoms with van der Waals surface area (Å²) in [5.41, 5.74) is 3.32. The largest absolute Gasteiger partial charge is 0.491 e. The fourth-order valence-corrected chi connectivity index (χ4v) is 3.27. The van der Waals surface area contributed by atoms with Gasteiger partial charge in [0.2, 0.25) is 0 Å². The van der Waals surface area contributed by atoms with Crippen molar-refractivity contribution in [1.29, 1.82) is 0 Å². The van der Waals surface area contributed by atoms with Crippen molar-refractivity contribution in [2.75, 3.05) is 31.6 Å². The highest BCUT2D eigenvalue weighted by Gasteiger charge is 2.19. The number of amides is 1. The van der Waals surface area contributed by atoms with Gasteiger partial charge in [0.05, 0.1) is 5.56 Å². The monoisotopic (exact) mass is 406 g/mol. The van der Waals surface area contributed by atoms with Gasteiger partial charge in [-0.3, -0.25) is 9.69 Å². The highest BCUT2D eigenvalue weighted by molar-refractivity contribution is 6.03. The number of allylic oxidation sites excluding steroid dienone is 1. The molecule has 2 N–H and O–H groups in total. The van der Waals surface area contributed by atoms with Crippen LogP contribution in [0.1, 0.15) is 16.8 Å². The molecule has 0 radical (unpaired) electrons. The molecule has 156 valence electrons. The van der Waals surface area contributed by atoms with Gasteiger partial charge in [-0.05, 0) is 29.7 Å². The zero-order valence-electron chi connectivity index (χ0n) is 16.8. The lowest BCUT2D eigenvalue weighted by molar-refractivity contribution is 0.0703. The van der Waals surface area contributed by atoms with Crippen LogP contribution < -0.4 is 10.1 Å². The number of nitrogens with zero attached hydrogens (tertiary/aromatic N) is 3. The van der Waals surface area contributed by atoms with E-state index >= 15 is 0 Å². The normalized spacial score (nSPS) is 15.4. The Morgan fingerprint density at radius 1 is 1.27 bits per heavy atom. The number of carbonyl (C=O) groups is 1. The molecule has 0 saturated carbocycles. The summed E-state index contributed by atoms with van der Waals surface area (Å²) in [6.07, 6.45) is 8.26. The number of aliphatic hydroxyl groups excluding tert-OH is 1. The highest BCUT2D eigenvalue weighted by atomic mass is 16.5. The fraction of sp³-hybridized carbons (Fsp3) is 0.261. The zero-order chi connectivity index (χ0) is 21.3. The Labute approximate surface area is 176 Å². The number of carbonyl (C=O) groups excluding carboxylic acids is 1. The Hall–Kier alpha value is -3.29. The summed E-state index contributed by atoms with van der Waals surface area (Å²) in [5.74, 6) is 0.262. The third kappa shape index (κ3) is 5.85. The van der Waals surface area contributed by atoms with Crippen molar-refractivity contribution in [1.82, 2.24) is 14.9 Å². The average Bonchev–Trinajstić information content (AvgIpc) is 2.78. The molecule has 1 aromatic carbocycles. The lowest BCUT2D eigenvalue weighted by Crippen LogP contribution is -2.39. The van der Waals surface area contributed by atoms with Crippen LogP contribution >= 0.6 is 0 Å². The lowest BCUT2D eigenvalue weighted by Gasteiger charge is -2.30. The summed E-state index contributed by atoms with van der Waals surface area (Å²) in [5, 5.41) is 13.2. The Morgan fingerprint density at radius 3 is 2.77 bits per heavy atom. The van der Waals surface area contributed by atoms with Gasteiger partial charge in [0.25, 0.3) is 5.91 Å². The number of benzene rings is 1. The Balaban J connectivity index is 1.50. The topological polar surface area (TPSA) is 87.6 Å². The van der Waals surface area contributed by atoms with Gasteiger partial charge in [0.1, 0.15) is 24.8 Å². The van der Waals surface area contributed by atoms with E-state index in [-0.39, 0.29) is 12.5 Å². The summed E-state index contributed by atoms with van der Waals surface area (Å²) >= 11 is 0. The van der Waals surface area contributed by atoms with Gasteiger partial charge in [0.15, 0.2) is 0 Å². The summed E-state index contributed by atoms with van der Waals surface area (Å²) < 4.78 is 5.73. The van der Waals surface area contributed by atoms with E-state index in [1.165, 1.54) is 24.3 Å².